The molecule has 1 aliphatic carbocycles. The van der Waals surface area contributed by atoms with Crippen molar-refractivity contribution in [2.24, 2.45) is 0 Å². The molecule has 3 heterocycles. The smallest absolute Gasteiger partial charge is 0.113 e. The van der Waals surface area contributed by atoms with Gasteiger partial charge < -0.3 is 9.47 Å². The summed E-state index contributed by atoms with van der Waals surface area (Å²) in [5.41, 5.74) is 3.40. The highest BCUT2D eigenvalue weighted by Crippen LogP contribution is 2.40. The molecule has 138 valence electrons. The van der Waals surface area contributed by atoms with Crippen LogP contribution in [0.15, 0.2) is 24.4 Å². The zero-order chi connectivity index (χ0) is 18.5. The summed E-state index contributed by atoms with van der Waals surface area (Å²) >= 11 is 0. The van der Waals surface area contributed by atoms with E-state index in [1.54, 1.807) is 6.07 Å². The molecular weight excluding hydrogens is 341 g/mol. The minimum absolute atomic E-state index is 0.160. The second-order valence-electron chi connectivity index (χ2n) is 7.99. The van der Waals surface area contributed by atoms with Gasteiger partial charge in [-0.2, -0.15) is 5.26 Å². The number of pyridine rings is 1. The summed E-state index contributed by atoms with van der Waals surface area (Å²) in [6.45, 7) is 2.01. The molecule has 2 aromatic heterocycles. The van der Waals surface area contributed by atoms with Gasteiger partial charge in [-0.3, -0.25) is 4.98 Å². The van der Waals surface area contributed by atoms with Crippen molar-refractivity contribution in [2.75, 3.05) is 20.1 Å². The van der Waals surface area contributed by atoms with Gasteiger partial charge >= 0.3 is 0 Å². The van der Waals surface area contributed by atoms with E-state index in [4.69, 9.17) is 4.98 Å². The highest BCUT2D eigenvalue weighted by Gasteiger charge is 2.33. The van der Waals surface area contributed by atoms with Crippen LogP contribution in [-0.2, 0) is 0 Å². The lowest BCUT2D eigenvalue weighted by Gasteiger charge is -2.20. The number of halogens is 1. The van der Waals surface area contributed by atoms with Crippen molar-refractivity contribution in [3.8, 4) is 6.07 Å². The predicted molar refractivity (Wildman–Crippen MR) is 102 cm³/mol. The molecule has 0 N–H and O–H groups in total. The number of nitriles is 1. The maximum Gasteiger partial charge on any atom is 0.113 e. The topological polar surface area (TPSA) is 57.7 Å². The molecule has 5 nitrogen and oxygen atoms in total. The number of aromatic nitrogens is 3. The van der Waals surface area contributed by atoms with E-state index in [9.17, 15) is 9.65 Å². The quantitative estimate of drug-likeness (QED) is 0.692. The Morgan fingerprint density at radius 3 is 2.81 bits per heavy atom. The number of hydrogen-bond donors (Lipinski definition) is 0. The largest absolute Gasteiger partial charge is 0.323 e. The Bertz CT molecular complexity index is 1070. The van der Waals surface area contributed by atoms with Crippen LogP contribution < -0.4 is 0 Å². The third kappa shape index (κ3) is 2.69. The number of likely N-dealkylation sites (N-methyl/N-ethyl adjacent to an activating group) is 1. The summed E-state index contributed by atoms with van der Waals surface area (Å²) < 4.78 is 16.3. The number of rotatable bonds is 2. The maximum atomic E-state index is 13.9. The van der Waals surface area contributed by atoms with Crippen LogP contribution in [0.4, 0.5) is 4.39 Å². The van der Waals surface area contributed by atoms with E-state index in [0.717, 1.165) is 53.7 Å². The molecular formula is C21H22FN5. The summed E-state index contributed by atoms with van der Waals surface area (Å²) in [6, 6.07) is 8.17. The summed E-state index contributed by atoms with van der Waals surface area (Å²) in [6.07, 6.45) is 4.18. The summed E-state index contributed by atoms with van der Waals surface area (Å²) in [5.74, 6) is 1.16. The second-order valence-corrected chi connectivity index (χ2v) is 7.99. The number of likely N-dealkylation sites (tertiary alicyclic amines) is 1. The van der Waals surface area contributed by atoms with Crippen molar-refractivity contribution in [1.29, 1.82) is 5.26 Å². The van der Waals surface area contributed by atoms with Crippen LogP contribution in [0.3, 0.4) is 0 Å². The molecule has 0 spiro atoms. The molecule has 1 saturated carbocycles. The first kappa shape index (κ1) is 16.6. The van der Waals surface area contributed by atoms with E-state index in [0.29, 0.717) is 24.4 Å². The first-order valence-corrected chi connectivity index (χ1v) is 9.67. The normalized spacial score (nSPS) is 26.2. The Kier molecular flexibility index (Phi) is 3.87. The van der Waals surface area contributed by atoms with Gasteiger partial charge in [0.15, 0.2) is 0 Å². The molecule has 3 atom stereocenters. The highest BCUT2D eigenvalue weighted by atomic mass is 19.1. The van der Waals surface area contributed by atoms with Gasteiger partial charge in [0.05, 0.1) is 28.9 Å². The molecule has 1 saturated heterocycles. The molecule has 0 radical (unpaired) electrons. The van der Waals surface area contributed by atoms with E-state index in [2.05, 4.69) is 27.6 Å². The second kappa shape index (κ2) is 6.28. The first-order valence-electron chi connectivity index (χ1n) is 9.67. The van der Waals surface area contributed by atoms with E-state index < -0.39 is 6.17 Å². The lowest BCUT2D eigenvalue weighted by Crippen LogP contribution is -2.19. The average Bonchev–Trinajstić information content (AvgIpc) is 3.38. The number of fused-ring (bicyclic) bond motifs is 3. The standard InChI is InChI=1S/C21H22FN5/c1-26-7-6-16(12-26)27-20-17-8-13(10-23)2-5-18(17)24-11-19(20)25-21(27)14-3-4-15(22)9-14/h2,5,8,11,14-16H,3-4,6-7,9,12H2,1H3/t14-,15+,16+/m0/s1. The molecule has 1 aromatic carbocycles. The van der Waals surface area contributed by atoms with Crippen LogP contribution in [0, 0.1) is 11.3 Å². The van der Waals surface area contributed by atoms with Crippen LogP contribution >= 0.6 is 0 Å². The van der Waals surface area contributed by atoms with Crippen molar-refractivity contribution < 1.29 is 4.39 Å². The molecule has 6 heteroatoms. The van der Waals surface area contributed by atoms with Crippen LogP contribution in [0.1, 0.15) is 49.0 Å². The van der Waals surface area contributed by atoms with Crippen LogP contribution in [0.25, 0.3) is 21.9 Å². The van der Waals surface area contributed by atoms with Crippen molar-refractivity contribution in [2.45, 2.75) is 43.8 Å². The summed E-state index contributed by atoms with van der Waals surface area (Å²) in [4.78, 5) is 11.8. The lowest BCUT2D eigenvalue weighted by molar-refractivity contribution is 0.336. The van der Waals surface area contributed by atoms with E-state index >= 15 is 0 Å². The fourth-order valence-electron chi connectivity index (χ4n) is 4.81. The fraction of sp³-hybridized carbons (Fsp3) is 0.476. The van der Waals surface area contributed by atoms with Gasteiger partial charge in [-0.25, -0.2) is 9.37 Å². The molecule has 0 unspecified atom stereocenters. The van der Waals surface area contributed by atoms with Gasteiger partial charge in [-0.05, 0) is 57.5 Å². The Labute approximate surface area is 157 Å². The van der Waals surface area contributed by atoms with E-state index in [-0.39, 0.29) is 5.92 Å². The Balaban J connectivity index is 1.79. The van der Waals surface area contributed by atoms with Gasteiger partial charge in [0.25, 0.3) is 0 Å². The van der Waals surface area contributed by atoms with Gasteiger partial charge in [0, 0.05) is 23.9 Å². The molecule has 5 rings (SSSR count). The third-order valence-corrected chi connectivity index (χ3v) is 6.14. The van der Waals surface area contributed by atoms with Gasteiger partial charge in [0.2, 0.25) is 0 Å². The fourth-order valence-corrected chi connectivity index (χ4v) is 4.81. The zero-order valence-electron chi connectivity index (χ0n) is 15.4. The number of imidazole rings is 1. The number of nitrogens with zero attached hydrogens (tertiary/aromatic N) is 5. The highest BCUT2D eigenvalue weighted by molar-refractivity contribution is 6.03. The number of alkyl halides is 1. The number of benzene rings is 1. The van der Waals surface area contributed by atoms with Crippen molar-refractivity contribution >= 4 is 21.9 Å². The van der Waals surface area contributed by atoms with Gasteiger partial charge in [-0.1, -0.05) is 0 Å². The SMILES string of the molecule is CN1CC[C@@H](n2c([C@H]3CC[C@@H](F)C3)nc3cnc4ccc(C#N)cc4c32)C1. The van der Waals surface area contributed by atoms with E-state index in [1.807, 2.05) is 18.3 Å². The third-order valence-electron chi connectivity index (χ3n) is 6.14. The minimum atomic E-state index is -0.727. The van der Waals surface area contributed by atoms with Crippen molar-refractivity contribution in [1.82, 2.24) is 19.4 Å². The minimum Gasteiger partial charge on any atom is -0.323 e. The summed E-state index contributed by atoms with van der Waals surface area (Å²) in [7, 11) is 2.14. The van der Waals surface area contributed by atoms with Gasteiger partial charge in [-0.15, -0.1) is 0 Å². The molecule has 2 aliphatic rings. The van der Waals surface area contributed by atoms with E-state index in [1.165, 1.54) is 0 Å². The zero-order valence-corrected chi connectivity index (χ0v) is 15.4. The Hall–Kier alpha value is -2.52. The van der Waals surface area contributed by atoms with Crippen LogP contribution in [0.5, 0.6) is 0 Å². The van der Waals surface area contributed by atoms with Crippen molar-refractivity contribution in [3.63, 3.8) is 0 Å². The number of hydrogen-bond acceptors (Lipinski definition) is 4. The average molecular weight is 363 g/mol. The van der Waals surface area contributed by atoms with Gasteiger partial charge in [0.1, 0.15) is 17.5 Å². The maximum absolute atomic E-state index is 13.9. The first-order chi connectivity index (χ1) is 13.1. The van der Waals surface area contributed by atoms with Crippen LogP contribution in [0.2, 0.25) is 0 Å². The van der Waals surface area contributed by atoms with Crippen molar-refractivity contribution in [3.05, 3.63) is 35.8 Å². The Morgan fingerprint density at radius 1 is 1.22 bits per heavy atom. The monoisotopic (exact) mass is 363 g/mol. The molecule has 27 heavy (non-hydrogen) atoms. The molecule has 1 aliphatic heterocycles. The van der Waals surface area contributed by atoms with Crippen LogP contribution in [-0.4, -0.2) is 45.7 Å². The molecule has 0 amide bonds. The Morgan fingerprint density at radius 2 is 2.11 bits per heavy atom. The summed E-state index contributed by atoms with van der Waals surface area (Å²) in [5, 5.41) is 10.3. The predicted octanol–water partition coefficient (Wildman–Crippen LogP) is 3.94. The lowest BCUT2D eigenvalue weighted by atomic mass is 10.1. The molecule has 2 fully saturated rings. The molecule has 0 bridgehead atoms. The molecule has 3 aromatic rings.